The van der Waals surface area contributed by atoms with Crippen molar-refractivity contribution < 1.29 is 19.4 Å². The molecule has 0 spiro atoms. The van der Waals surface area contributed by atoms with Gasteiger partial charge >= 0.3 is 6.03 Å². The van der Waals surface area contributed by atoms with Crippen LogP contribution in [0.3, 0.4) is 0 Å². The van der Waals surface area contributed by atoms with Crippen molar-refractivity contribution in [1.82, 2.24) is 10.6 Å². The Morgan fingerprint density at radius 3 is 2.45 bits per heavy atom. The van der Waals surface area contributed by atoms with Gasteiger partial charge in [-0.25, -0.2) is 4.79 Å². The first-order valence-electron chi connectivity index (χ1n) is 6.33. The second-order valence-electron chi connectivity index (χ2n) is 4.81. The number of hydrogen-bond donors (Lipinski definition) is 3. The van der Waals surface area contributed by atoms with E-state index in [0.29, 0.717) is 6.54 Å². The van der Waals surface area contributed by atoms with E-state index >= 15 is 0 Å². The number of nitrogens with one attached hydrogen (secondary N) is 2. The van der Waals surface area contributed by atoms with Gasteiger partial charge in [0, 0.05) is 13.7 Å². The van der Waals surface area contributed by atoms with Gasteiger partial charge in [0.1, 0.15) is 11.4 Å². The van der Waals surface area contributed by atoms with Crippen LogP contribution in [0.2, 0.25) is 0 Å². The maximum absolute atomic E-state index is 11.6. The van der Waals surface area contributed by atoms with E-state index in [0.717, 1.165) is 11.3 Å². The van der Waals surface area contributed by atoms with Crippen molar-refractivity contribution in [2.45, 2.75) is 19.1 Å². The minimum Gasteiger partial charge on any atom is -0.497 e. The lowest BCUT2D eigenvalue weighted by Gasteiger charge is -2.22. The van der Waals surface area contributed by atoms with E-state index in [-0.39, 0.29) is 19.2 Å². The number of carbonyl (C=O) groups excluding carboxylic acids is 1. The normalized spacial score (nSPS) is 13.4. The van der Waals surface area contributed by atoms with Gasteiger partial charge in [-0.15, -0.1) is 0 Å². The lowest BCUT2D eigenvalue weighted by atomic mass is 10.1. The number of urea groups is 1. The zero-order valence-electron chi connectivity index (χ0n) is 12.1. The van der Waals surface area contributed by atoms with Crippen molar-refractivity contribution in [1.29, 1.82) is 0 Å². The van der Waals surface area contributed by atoms with Crippen LogP contribution in [-0.2, 0) is 11.3 Å². The monoisotopic (exact) mass is 282 g/mol. The van der Waals surface area contributed by atoms with Gasteiger partial charge in [-0.1, -0.05) is 12.1 Å². The van der Waals surface area contributed by atoms with Crippen LogP contribution in [-0.4, -0.2) is 44.1 Å². The number of methoxy groups -OCH3 is 2. The summed E-state index contributed by atoms with van der Waals surface area (Å²) in [6.07, 6.45) is 0. The maximum Gasteiger partial charge on any atom is 0.315 e. The van der Waals surface area contributed by atoms with Crippen LogP contribution < -0.4 is 15.4 Å². The van der Waals surface area contributed by atoms with Crippen LogP contribution in [0.5, 0.6) is 5.75 Å². The molecule has 0 fully saturated rings. The third-order valence-corrected chi connectivity index (χ3v) is 2.70. The summed E-state index contributed by atoms with van der Waals surface area (Å²) in [6, 6.07) is 7.08. The highest BCUT2D eigenvalue weighted by atomic mass is 16.5. The Morgan fingerprint density at radius 2 is 1.90 bits per heavy atom. The van der Waals surface area contributed by atoms with Gasteiger partial charge in [0.25, 0.3) is 0 Å². The minimum absolute atomic E-state index is 0.120. The smallest absolute Gasteiger partial charge is 0.315 e. The molecule has 112 valence electrons. The predicted octanol–water partition coefficient (Wildman–Crippen LogP) is 0.892. The summed E-state index contributed by atoms with van der Waals surface area (Å²) in [4.78, 5) is 11.6. The van der Waals surface area contributed by atoms with Gasteiger partial charge in [0.05, 0.1) is 20.3 Å². The molecule has 0 saturated heterocycles. The molecule has 3 N–H and O–H groups in total. The highest BCUT2D eigenvalue weighted by molar-refractivity contribution is 5.73. The number of rotatable bonds is 7. The van der Waals surface area contributed by atoms with Crippen molar-refractivity contribution in [2.75, 3.05) is 27.4 Å². The Labute approximate surface area is 119 Å². The first kappa shape index (κ1) is 16.3. The average molecular weight is 282 g/mol. The van der Waals surface area contributed by atoms with Gasteiger partial charge < -0.3 is 25.2 Å². The number of benzene rings is 1. The molecule has 2 amide bonds. The number of ether oxygens (including phenoxy) is 2. The fraction of sp³-hybridized carbons (Fsp3) is 0.500. The quantitative estimate of drug-likeness (QED) is 0.694. The highest BCUT2D eigenvalue weighted by Gasteiger charge is 2.20. The molecule has 1 atom stereocenters. The fourth-order valence-electron chi connectivity index (χ4n) is 1.62. The summed E-state index contributed by atoms with van der Waals surface area (Å²) < 4.78 is 9.91. The van der Waals surface area contributed by atoms with Crippen LogP contribution in [0, 0.1) is 0 Å². The number of carbonyl (C=O) groups is 1. The van der Waals surface area contributed by atoms with Crippen molar-refractivity contribution >= 4 is 6.03 Å². The van der Waals surface area contributed by atoms with Gasteiger partial charge in [0.2, 0.25) is 0 Å². The van der Waals surface area contributed by atoms with Crippen LogP contribution in [0.25, 0.3) is 0 Å². The van der Waals surface area contributed by atoms with E-state index in [4.69, 9.17) is 9.47 Å². The summed E-state index contributed by atoms with van der Waals surface area (Å²) in [6.45, 7) is 2.28. The number of aliphatic hydroxyl groups is 1. The van der Waals surface area contributed by atoms with Crippen molar-refractivity contribution in [3.8, 4) is 5.75 Å². The molecule has 0 saturated carbocycles. The minimum atomic E-state index is -1.08. The van der Waals surface area contributed by atoms with Gasteiger partial charge in [-0.3, -0.25) is 0 Å². The zero-order chi connectivity index (χ0) is 15.0. The summed E-state index contributed by atoms with van der Waals surface area (Å²) in [5.74, 6) is 0.772. The topological polar surface area (TPSA) is 79.8 Å². The van der Waals surface area contributed by atoms with Crippen LogP contribution in [0.4, 0.5) is 4.79 Å². The number of hydrogen-bond acceptors (Lipinski definition) is 4. The molecule has 1 rings (SSSR count). The van der Waals surface area contributed by atoms with Gasteiger partial charge in [0.15, 0.2) is 0 Å². The Morgan fingerprint density at radius 1 is 1.25 bits per heavy atom. The summed E-state index contributed by atoms with van der Waals surface area (Å²) >= 11 is 0. The SMILES string of the molecule is COC[C@@](C)(O)CNC(=O)NCc1ccc(OC)cc1. The molecule has 1 aromatic carbocycles. The molecule has 6 nitrogen and oxygen atoms in total. The van der Waals surface area contributed by atoms with Crippen molar-refractivity contribution in [3.05, 3.63) is 29.8 Å². The largest absolute Gasteiger partial charge is 0.497 e. The molecule has 0 unspecified atom stereocenters. The van der Waals surface area contributed by atoms with E-state index in [9.17, 15) is 9.90 Å². The van der Waals surface area contributed by atoms with Crippen molar-refractivity contribution in [2.24, 2.45) is 0 Å². The molecule has 0 aliphatic carbocycles. The van der Waals surface area contributed by atoms with E-state index in [1.165, 1.54) is 7.11 Å². The molecule has 0 heterocycles. The summed E-state index contributed by atoms with van der Waals surface area (Å²) in [7, 11) is 3.10. The molecule has 0 radical (unpaired) electrons. The zero-order valence-corrected chi connectivity index (χ0v) is 12.1. The van der Waals surface area contributed by atoms with E-state index in [1.807, 2.05) is 24.3 Å². The molecule has 0 bridgehead atoms. The second-order valence-corrected chi connectivity index (χ2v) is 4.81. The molecule has 0 aliphatic heterocycles. The lowest BCUT2D eigenvalue weighted by molar-refractivity contribution is -0.0136. The Kier molecular flexibility index (Phi) is 6.27. The second kappa shape index (κ2) is 7.72. The third-order valence-electron chi connectivity index (χ3n) is 2.70. The molecule has 20 heavy (non-hydrogen) atoms. The van der Waals surface area contributed by atoms with E-state index in [1.54, 1.807) is 14.0 Å². The highest BCUT2D eigenvalue weighted by Crippen LogP contribution is 2.10. The van der Waals surface area contributed by atoms with Crippen LogP contribution >= 0.6 is 0 Å². The predicted molar refractivity (Wildman–Crippen MR) is 75.7 cm³/mol. The van der Waals surface area contributed by atoms with Crippen LogP contribution in [0.1, 0.15) is 12.5 Å². The van der Waals surface area contributed by atoms with Crippen molar-refractivity contribution in [3.63, 3.8) is 0 Å². The van der Waals surface area contributed by atoms with E-state index in [2.05, 4.69) is 10.6 Å². The third kappa shape index (κ3) is 5.90. The summed E-state index contributed by atoms with van der Waals surface area (Å²) in [5, 5.41) is 15.1. The molecule has 1 aromatic rings. The Balaban J connectivity index is 2.32. The average Bonchev–Trinajstić information content (AvgIpc) is 2.43. The molecular weight excluding hydrogens is 260 g/mol. The van der Waals surface area contributed by atoms with E-state index < -0.39 is 5.60 Å². The van der Waals surface area contributed by atoms with Gasteiger partial charge in [-0.05, 0) is 24.6 Å². The van der Waals surface area contributed by atoms with Crippen LogP contribution in [0.15, 0.2) is 24.3 Å². The number of amides is 2. The fourth-order valence-corrected chi connectivity index (χ4v) is 1.62. The standard InChI is InChI=1S/C14H22N2O4/c1-14(18,10-19-2)9-16-13(17)15-8-11-4-6-12(20-3)7-5-11/h4-7,18H,8-10H2,1-3H3,(H2,15,16,17)/t14-/m0/s1. The molecule has 6 heteroatoms. The maximum atomic E-state index is 11.6. The molecule has 0 aromatic heterocycles. The summed E-state index contributed by atoms with van der Waals surface area (Å²) in [5.41, 5.74) is -0.115. The first-order chi connectivity index (χ1) is 9.46. The molecular formula is C14H22N2O4. The first-order valence-corrected chi connectivity index (χ1v) is 6.33. The lowest BCUT2D eigenvalue weighted by Crippen LogP contribution is -2.46. The Bertz CT molecular complexity index is 418. The Hall–Kier alpha value is -1.79. The molecule has 0 aliphatic rings. The van der Waals surface area contributed by atoms with Gasteiger partial charge in [-0.2, -0.15) is 0 Å².